The molecule has 164 valence electrons. The molecule has 0 aromatic carbocycles. The first kappa shape index (κ1) is 20.4. The Kier molecular flexibility index (Phi) is 4.48. The lowest BCUT2D eigenvalue weighted by Crippen LogP contribution is -2.21. The first-order chi connectivity index (χ1) is 15.2. The number of fused-ring (bicyclic) bond motifs is 3. The van der Waals surface area contributed by atoms with Crippen molar-refractivity contribution in [2.45, 2.75) is 38.0 Å². The van der Waals surface area contributed by atoms with Crippen LogP contribution in [0.4, 0.5) is 8.78 Å². The Morgan fingerprint density at radius 3 is 2.59 bits per heavy atom. The smallest absolute Gasteiger partial charge is 0.282 e. The molecule has 12 heteroatoms. The molecule has 1 amide bonds. The van der Waals surface area contributed by atoms with Gasteiger partial charge in [0.1, 0.15) is 11.4 Å². The molecule has 5 rings (SSSR count). The van der Waals surface area contributed by atoms with Crippen molar-refractivity contribution in [2.24, 2.45) is 5.73 Å². The summed E-state index contributed by atoms with van der Waals surface area (Å²) in [5.41, 5.74) is 6.55. The number of nitrogens with zero attached hydrogens (tertiary/aromatic N) is 7. The Labute approximate surface area is 185 Å². The summed E-state index contributed by atoms with van der Waals surface area (Å²) >= 11 is 6.36. The molecule has 1 aliphatic carbocycles. The van der Waals surface area contributed by atoms with E-state index in [1.54, 1.807) is 0 Å². The molecule has 0 fully saturated rings. The number of carbonyl (C=O) groups is 1. The van der Waals surface area contributed by atoms with E-state index in [0.717, 1.165) is 0 Å². The minimum absolute atomic E-state index is 0.0745. The van der Waals surface area contributed by atoms with Crippen molar-refractivity contribution in [3.63, 3.8) is 0 Å². The molecule has 2 N–H and O–H groups in total. The zero-order valence-corrected chi connectivity index (χ0v) is 17.8. The lowest BCUT2D eigenvalue weighted by molar-refractivity contribution is -0.119. The van der Waals surface area contributed by atoms with Crippen LogP contribution >= 0.6 is 11.6 Å². The van der Waals surface area contributed by atoms with Gasteiger partial charge in [-0.3, -0.25) is 4.79 Å². The fourth-order valence-electron chi connectivity index (χ4n) is 4.41. The maximum Gasteiger partial charge on any atom is 0.282 e. The Morgan fingerprint density at radius 1 is 1.25 bits per heavy atom. The lowest BCUT2D eigenvalue weighted by atomic mass is 9.86. The second kappa shape index (κ2) is 7.02. The molecule has 32 heavy (non-hydrogen) atoms. The van der Waals surface area contributed by atoms with Crippen LogP contribution in [0.25, 0.3) is 22.7 Å². The quantitative estimate of drug-likeness (QED) is 0.502. The van der Waals surface area contributed by atoms with Crippen LogP contribution in [-0.4, -0.2) is 40.5 Å². The molecule has 0 bridgehead atoms. The number of hydrogen-bond donors (Lipinski definition) is 1. The van der Waals surface area contributed by atoms with E-state index < -0.39 is 29.4 Å². The summed E-state index contributed by atoms with van der Waals surface area (Å²) in [6.07, 6.45) is 3.42. The van der Waals surface area contributed by atoms with Crippen LogP contribution in [0.15, 0.2) is 30.9 Å². The molecule has 0 saturated heterocycles. The largest absolute Gasteiger partial charge is 0.369 e. The third-order valence-corrected chi connectivity index (χ3v) is 6.00. The van der Waals surface area contributed by atoms with Crippen LogP contribution in [-0.2, 0) is 10.2 Å². The summed E-state index contributed by atoms with van der Waals surface area (Å²) in [5.74, 6) is -0.778. The van der Waals surface area contributed by atoms with E-state index in [1.807, 2.05) is 13.8 Å². The number of carbonyl (C=O) groups excluding carboxylic acids is 1. The van der Waals surface area contributed by atoms with E-state index in [1.165, 1.54) is 40.2 Å². The molecule has 0 spiro atoms. The van der Waals surface area contributed by atoms with E-state index in [0.29, 0.717) is 23.1 Å². The molecule has 4 aromatic rings. The minimum Gasteiger partial charge on any atom is -0.369 e. The van der Waals surface area contributed by atoms with Crippen molar-refractivity contribution in [3.05, 3.63) is 52.7 Å². The molecule has 0 saturated carbocycles. The number of aromatic nitrogens is 7. The van der Waals surface area contributed by atoms with Crippen molar-refractivity contribution in [3.8, 4) is 17.1 Å². The maximum absolute atomic E-state index is 14.0. The third-order valence-electron chi connectivity index (χ3n) is 5.73. The molecule has 1 unspecified atom stereocenters. The SMILES string of the molecule is CC1(C)CC(C(N)=O)c2cnn3c(-c4cnc(-n5nccn5)c(Cl)c4)c(C(F)F)nc3c21. The second-order valence-electron chi connectivity index (χ2n) is 8.25. The number of primary amides is 1. The monoisotopic (exact) mass is 458 g/mol. The highest BCUT2D eigenvalue weighted by atomic mass is 35.5. The Hall–Kier alpha value is -3.47. The molecule has 9 nitrogen and oxygen atoms in total. The van der Waals surface area contributed by atoms with Crippen LogP contribution in [0, 0.1) is 0 Å². The van der Waals surface area contributed by atoms with Crippen molar-refractivity contribution >= 4 is 23.2 Å². The Balaban J connectivity index is 1.75. The normalized spacial score (nSPS) is 17.2. The number of rotatable bonds is 4. The first-order valence-electron chi connectivity index (χ1n) is 9.71. The Morgan fingerprint density at radius 2 is 1.97 bits per heavy atom. The topological polar surface area (TPSA) is 117 Å². The van der Waals surface area contributed by atoms with E-state index in [4.69, 9.17) is 17.3 Å². The number of hydrogen-bond acceptors (Lipinski definition) is 6. The number of nitrogens with two attached hydrogens (primary N) is 1. The van der Waals surface area contributed by atoms with E-state index in [2.05, 4.69) is 25.3 Å². The van der Waals surface area contributed by atoms with Gasteiger partial charge < -0.3 is 5.73 Å². The average Bonchev–Trinajstić information content (AvgIpc) is 3.43. The van der Waals surface area contributed by atoms with Gasteiger partial charge in [0.25, 0.3) is 6.43 Å². The number of amides is 1. The summed E-state index contributed by atoms with van der Waals surface area (Å²) in [5, 5.41) is 12.5. The van der Waals surface area contributed by atoms with E-state index in [-0.39, 0.29) is 22.2 Å². The van der Waals surface area contributed by atoms with Crippen molar-refractivity contribution in [1.29, 1.82) is 0 Å². The highest BCUT2D eigenvalue weighted by Crippen LogP contribution is 2.48. The third kappa shape index (κ3) is 2.95. The van der Waals surface area contributed by atoms with Gasteiger partial charge >= 0.3 is 0 Å². The summed E-state index contributed by atoms with van der Waals surface area (Å²) in [6.45, 7) is 3.85. The average molecular weight is 459 g/mol. The van der Waals surface area contributed by atoms with Gasteiger partial charge in [-0.15, -0.1) is 4.80 Å². The van der Waals surface area contributed by atoms with Gasteiger partial charge in [-0.25, -0.2) is 23.3 Å². The van der Waals surface area contributed by atoms with Gasteiger partial charge in [0.2, 0.25) is 5.91 Å². The molecule has 1 aliphatic rings. The van der Waals surface area contributed by atoms with Crippen LogP contribution in [0.2, 0.25) is 5.02 Å². The summed E-state index contributed by atoms with van der Waals surface area (Å²) in [7, 11) is 0. The van der Waals surface area contributed by atoms with E-state index >= 15 is 0 Å². The van der Waals surface area contributed by atoms with Crippen LogP contribution in [0.3, 0.4) is 0 Å². The number of pyridine rings is 1. The summed E-state index contributed by atoms with van der Waals surface area (Å²) in [4.78, 5) is 21.7. The van der Waals surface area contributed by atoms with E-state index in [9.17, 15) is 13.6 Å². The predicted molar refractivity (Wildman–Crippen MR) is 111 cm³/mol. The van der Waals surface area contributed by atoms with Crippen LogP contribution < -0.4 is 5.73 Å². The van der Waals surface area contributed by atoms with Gasteiger partial charge in [-0.1, -0.05) is 25.4 Å². The Bertz CT molecular complexity index is 1370. The zero-order valence-electron chi connectivity index (χ0n) is 17.0. The van der Waals surface area contributed by atoms with Gasteiger partial charge in [0.15, 0.2) is 11.5 Å². The molecule has 0 radical (unpaired) electrons. The number of imidazole rings is 1. The van der Waals surface area contributed by atoms with Crippen molar-refractivity contribution in [1.82, 2.24) is 34.6 Å². The van der Waals surface area contributed by atoms with Crippen LogP contribution in [0.1, 0.15) is 49.4 Å². The molecular weight excluding hydrogens is 442 g/mol. The molecule has 0 aliphatic heterocycles. The molecular formula is C20H17ClF2N8O. The second-order valence-corrected chi connectivity index (χ2v) is 8.65. The van der Waals surface area contributed by atoms with Gasteiger partial charge in [0, 0.05) is 17.3 Å². The van der Waals surface area contributed by atoms with Crippen molar-refractivity contribution in [2.75, 3.05) is 0 Å². The lowest BCUT2D eigenvalue weighted by Gasteiger charge is -2.19. The summed E-state index contributed by atoms with van der Waals surface area (Å²) in [6, 6.07) is 1.49. The molecule has 4 aromatic heterocycles. The number of alkyl halides is 2. The van der Waals surface area contributed by atoms with Gasteiger partial charge in [-0.2, -0.15) is 15.3 Å². The maximum atomic E-state index is 14.0. The number of halogens is 3. The highest BCUT2D eigenvalue weighted by molar-refractivity contribution is 6.32. The fraction of sp³-hybridized carbons (Fsp3) is 0.300. The first-order valence-corrected chi connectivity index (χ1v) is 10.1. The van der Waals surface area contributed by atoms with Crippen molar-refractivity contribution < 1.29 is 13.6 Å². The highest BCUT2D eigenvalue weighted by Gasteiger charge is 2.43. The fourth-order valence-corrected chi connectivity index (χ4v) is 4.65. The standard InChI is InChI=1S/C20H17ClF2N8O/c1-20(2)6-10(17(24)32)11-8-28-30-15(14(16(22)23)29-19(30)13(11)20)9-5-12(21)18(25-7-9)31-26-3-4-27-31/h3-5,7-8,10,16H,6H2,1-2H3,(H2,24,32). The zero-order chi connectivity index (χ0) is 22.8. The van der Waals surface area contributed by atoms with Crippen LogP contribution in [0.5, 0.6) is 0 Å². The predicted octanol–water partition coefficient (Wildman–Crippen LogP) is 3.21. The minimum atomic E-state index is -2.87. The van der Waals surface area contributed by atoms with Gasteiger partial charge in [-0.05, 0) is 23.5 Å². The molecule has 1 atom stereocenters. The van der Waals surface area contributed by atoms with Gasteiger partial charge in [0.05, 0.1) is 29.5 Å². The summed E-state index contributed by atoms with van der Waals surface area (Å²) < 4.78 is 29.4. The molecule has 4 heterocycles.